The van der Waals surface area contributed by atoms with Gasteiger partial charge in [0.2, 0.25) is 12.9 Å². The standard InChI is InChI=1S/C22H22N2O7/c25-21(13-27-15-5-6-17-19(11-15)30-14-29-17)23-7-9-24(10-8-23)22(26)20-12-28-16-3-1-2-4-18(16)31-20/h1-6,11,20H,7-10,12-14H2/t20-/m1/s1. The molecule has 1 fully saturated rings. The number of nitrogens with zero attached hydrogens (tertiary/aromatic N) is 2. The molecule has 0 aliphatic carbocycles. The van der Waals surface area contributed by atoms with Gasteiger partial charge in [-0.2, -0.15) is 0 Å². The van der Waals surface area contributed by atoms with Crippen molar-refractivity contribution in [2.45, 2.75) is 6.10 Å². The number of benzene rings is 2. The summed E-state index contributed by atoms with van der Waals surface area (Å²) in [5.41, 5.74) is 0. The van der Waals surface area contributed by atoms with Crippen LogP contribution in [0.15, 0.2) is 42.5 Å². The molecule has 1 atom stereocenters. The summed E-state index contributed by atoms with van der Waals surface area (Å²) in [4.78, 5) is 28.7. The van der Waals surface area contributed by atoms with Gasteiger partial charge in [0.25, 0.3) is 11.8 Å². The molecule has 5 rings (SSSR count). The number of fused-ring (bicyclic) bond motifs is 2. The summed E-state index contributed by atoms with van der Waals surface area (Å²) in [5.74, 6) is 2.77. The van der Waals surface area contributed by atoms with Crippen LogP contribution in [0.1, 0.15) is 0 Å². The van der Waals surface area contributed by atoms with Crippen molar-refractivity contribution in [2.75, 3.05) is 46.2 Å². The van der Waals surface area contributed by atoms with Crippen LogP contribution in [0, 0.1) is 0 Å². The summed E-state index contributed by atoms with van der Waals surface area (Å²) in [6.07, 6.45) is -0.675. The number of carbonyl (C=O) groups excluding carboxylic acids is 2. The van der Waals surface area contributed by atoms with Gasteiger partial charge in [0.1, 0.15) is 12.4 Å². The number of piperazine rings is 1. The highest BCUT2D eigenvalue weighted by Crippen LogP contribution is 2.35. The molecule has 9 heteroatoms. The Labute approximate surface area is 179 Å². The van der Waals surface area contributed by atoms with Crippen molar-refractivity contribution in [3.8, 4) is 28.7 Å². The van der Waals surface area contributed by atoms with Gasteiger partial charge in [-0.05, 0) is 24.3 Å². The van der Waals surface area contributed by atoms with Gasteiger partial charge in [0, 0.05) is 32.2 Å². The molecule has 3 heterocycles. The molecule has 0 radical (unpaired) electrons. The number of amides is 2. The van der Waals surface area contributed by atoms with E-state index in [2.05, 4.69) is 0 Å². The minimum Gasteiger partial charge on any atom is -0.485 e. The van der Waals surface area contributed by atoms with Gasteiger partial charge in [-0.3, -0.25) is 9.59 Å². The monoisotopic (exact) mass is 426 g/mol. The van der Waals surface area contributed by atoms with E-state index >= 15 is 0 Å². The highest BCUT2D eigenvalue weighted by atomic mass is 16.7. The Balaban J connectivity index is 1.10. The van der Waals surface area contributed by atoms with Gasteiger partial charge >= 0.3 is 0 Å². The van der Waals surface area contributed by atoms with Crippen LogP contribution in [0.3, 0.4) is 0 Å². The smallest absolute Gasteiger partial charge is 0.267 e. The zero-order valence-electron chi connectivity index (χ0n) is 16.8. The predicted molar refractivity (Wildman–Crippen MR) is 108 cm³/mol. The average molecular weight is 426 g/mol. The largest absolute Gasteiger partial charge is 0.485 e. The third-order valence-corrected chi connectivity index (χ3v) is 5.43. The third-order valence-electron chi connectivity index (χ3n) is 5.43. The lowest BCUT2D eigenvalue weighted by Crippen LogP contribution is -2.55. The second-order valence-corrected chi connectivity index (χ2v) is 7.37. The number of hydrogen-bond acceptors (Lipinski definition) is 7. The topological polar surface area (TPSA) is 86.8 Å². The Morgan fingerprint density at radius 2 is 1.58 bits per heavy atom. The van der Waals surface area contributed by atoms with Crippen LogP contribution in [0.25, 0.3) is 0 Å². The molecule has 2 amide bonds. The van der Waals surface area contributed by atoms with Gasteiger partial charge in [0.05, 0.1) is 0 Å². The molecule has 0 unspecified atom stereocenters. The first-order valence-corrected chi connectivity index (χ1v) is 10.1. The molecular formula is C22H22N2O7. The van der Waals surface area contributed by atoms with E-state index in [0.29, 0.717) is 54.9 Å². The van der Waals surface area contributed by atoms with Crippen molar-refractivity contribution in [3.63, 3.8) is 0 Å². The Hall–Kier alpha value is -3.62. The lowest BCUT2D eigenvalue weighted by atomic mass is 10.2. The molecule has 2 aromatic carbocycles. The van der Waals surface area contributed by atoms with Crippen molar-refractivity contribution in [1.29, 1.82) is 0 Å². The van der Waals surface area contributed by atoms with Gasteiger partial charge in [-0.25, -0.2) is 0 Å². The highest BCUT2D eigenvalue weighted by molar-refractivity contribution is 5.83. The molecule has 0 bridgehead atoms. The molecule has 0 saturated carbocycles. The minimum atomic E-state index is -0.675. The lowest BCUT2D eigenvalue weighted by molar-refractivity contribution is -0.146. The molecule has 31 heavy (non-hydrogen) atoms. The normalized spacial score (nSPS) is 19.2. The van der Waals surface area contributed by atoms with Crippen LogP contribution >= 0.6 is 0 Å². The maximum Gasteiger partial charge on any atom is 0.267 e. The van der Waals surface area contributed by atoms with E-state index in [4.69, 9.17) is 23.7 Å². The van der Waals surface area contributed by atoms with Gasteiger partial charge in [-0.15, -0.1) is 0 Å². The van der Waals surface area contributed by atoms with Crippen LogP contribution < -0.4 is 23.7 Å². The maximum absolute atomic E-state index is 12.8. The summed E-state index contributed by atoms with van der Waals surface area (Å²) in [5, 5.41) is 0. The van der Waals surface area contributed by atoms with Gasteiger partial charge in [0.15, 0.2) is 29.6 Å². The van der Waals surface area contributed by atoms with Crippen LogP contribution in [0.2, 0.25) is 0 Å². The first kappa shape index (κ1) is 19.3. The second kappa shape index (κ2) is 8.25. The molecule has 0 spiro atoms. The SMILES string of the molecule is O=C(COc1ccc2c(c1)OCO2)N1CCN(C(=O)[C@H]2COc3ccccc3O2)CC1. The minimum absolute atomic E-state index is 0.0794. The van der Waals surface area contributed by atoms with Gasteiger partial charge < -0.3 is 33.5 Å². The molecule has 0 aromatic heterocycles. The fourth-order valence-electron chi connectivity index (χ4n) is 3.72. The Kier molecular flexibility index (Phi) is 5.15. The summed E-state index contributed by atoms with van der Waals surface area (Å²) >= 11 is 0. The molecular weight excluding hydrogens is 404 g/mol. The summed E-state index contributed by atoms with van der Waals surface area (Å²) < 4.78 is 27.6. The van der Waals surface area contributed by atoms with E-state index in [1.807, 2.05) is 18.2 Å². The molecule has 0 N–H and O–H groups in total. The fourth-order valence-corrected chi connectivity index (χ4v) is 3.72. The molecule has 9 nitrogen and oxygen atoms in total. The van der Waals surface area contributed by atoms with Gasteiger partial charge in [-0.1, -0.05) is 12.1 Å². The highest BCUT2D eigenvalue weighted by Gasteiger charge is 2.33. The van der Waals surface area contributed by atoms with E-state index in [0.717, 1.165) is 0 Å². The summed E-state index contributed by atoms with van der Waals surface area (Å²) in [6.45, 7) is 2.05. The van der Waals surface area contributed by atoms with Crippen molar-refractivity contribution in [2.24, 2.45) is 0 Å². The van der Waals surface area contributed by atoms with Crippen LogP contribution in [0.4, 0.5) is 0 Å². The Morgan fingerprint density at radius 1 is 0.871 bits per heavy atom. The number of hydrogen-bond donors (Lipinski definition) is 0. The fraction of sp³-hybridized carbons (Fsp3) is 0.364. The second-order valence-electron chi connectivity index (χ2n) is 7.37. The Morgan fingerprint density at radius 3 is 2.42 bits per heavy atom. The molecule has 162 valence electrons. The van der Waals surface area contributed by atoms with E-state index in [9.17, 15) is 9.59 Å². The number of carbonyl (C=O) groups is 2. The maximum atomic E-state index is 12.8. The zero-order chi connectivity index (χ0) is 21.2. The molecule has 3 aliphatic heterocycles. The summed E-state index contributed by atoms with van der Waals surface area (Å²) in [7, 11) is 0. The Bertz CT molecular complexity index is 988. The average Bonchev–Trinajstić information content (AvgIpc) is 3.30. The van der Waals surface area contributed by atoms with Crippen molar-refractivity contribution in [3.05, 3.63) is 42.5 Å². The third kappa shape index (κ3) is 4.03. The van der Waals surface area contributed by atoms with E-state index in [1.54, 1.807) is 34.1 Å². The summed E-state index contributed by atoms with van der Waals surface area (Å²) in [6, 6.07) is 12.5. The molecule has 2 aromatic rings. The predicted octanol–water partition coefficient (Wildman–Crippen LogP) is 1.30. The molecule has 1 saturated heterocycles. The molecule has 3 aliphatic rings. The van der Waals surface area contributed by atoms with E-state index < -0.39 is 6.10 Å². The first-order valence-electron chi connectivity index (χ1n) is 10.1. The van der Waals surface area contributed by atoms with E-state index in [-0.39, 0.29) is 31.8 Å². The zero-order valence-corrected chi connectivity index (χ0v) is 16.8. The van der Waals surface area contributed by atoms with Crippen LogP contribution in [-0.4, -0.2) is 73.9 Å². The van der Waals surface area contributed by atoms with Crippen molar-refractivity contribution < 1.29 is 33.3 Å². The quantitative estimate of drug-likeness (QED) is 0.729. The van der Waals surface area contributed by atoms with Crippen molar-refractivity contribution in [1.82, 2.24) is 9.80 Å². The first-order chi connectivity index (χ1) is 15.2. The number of para-hydroxylation sites is 2. The number of ether oxygens (including phenoxy) is 5. The number of rotatable bonds is 4. The van der Waals surface area contributed by atoms with Crippen LogP contribution in [0.5, 0.6) is 28.7 Å². The lowest BCUT2D eigenvalue weighted by Gasteiger charge is -2.37. The van der Waals surface area contributed by atoms with Crippen LogP contribution in [-0.2, 0) is 9.59 Å². The van der Waals surface area contributed by atoms with E-state index in [1.165, 1.54) is 0 Å². The van der Waals surface area contributed by atoms with Crippen molar-refractivity contribution >= 4 is 11.8 Å².